The molecule has 0 unspecified atom stereocenters. The molecule has 0 aromatic heterocycles. The summed E-state index contributed by atoms with van der Waals surface area (Å²) in [7, 11) is 0. The van der Waals surface area contributed by atoms with Crippen LogP contribution in [0.15, 0.2) is 24.3 Å². The molecule has 0 aliphatic rings. The number of carboxylic acid groups (broad SMARTS) is 1. The Kier molecular flexibility index (Phi) is 6.74. The molecule has 0 spiro atoms. The van der Waals surface area contributed by atoms with E-state index in [0.717, 1.165) is 11.3 Å². The van der Waals surface area contributed by atoms with Crippen LogP contribution in [0.1, 0.15) is 28.8 Å². The SMILES string of the molecule is CSCc1ccc(C(=O)N[C@@H](CCC(N)=O)C(=O)O)cc1. The van der Waals surface area contributed by atoms with Crippen molar-refractivity contribution in [2.45, 2.75) is 24.6 Å². The zero-order valence-corrected chi connectivity index (χ0v) is 12.5. The number of amides is 2. The summed E-state index contributed by atoms with van der Waals surface area (Å²) in [4.78, 5) is 33.7. The van der Waals surface area contributed by atoms with E-state index >= 15 is 0 Å². The van der Waals surface area contributed by atoms with Crippen LogP contribution in [-0.2, 0) is 15.3 Å². The Morgan fingerprint density at radius 2 is 1.90 bits per heavy atom. The van der Waals surface area contributed by atoms with E-state index in [4.69, 9.17) is 10.8 Å². The minimum absolute atomic E-state index is 0.0268. The molecular weight excluding hydrogens is 292 g/mol. The zero-order chi connectivity index (χ0) is 15.8. The third-order valence-electron chi connectivity index (χ3n) is 2.81. The highest BCUT2D eigenvalue weighted by Crippen LogP contribution is 2.11. The maximum absolute atomic E-state index is 12.0. The van der Waals surface area contributed by atoms with Gasteiger partial charge in [-0.05, 0) is 30.4 Å². The van der Waals surface area contributed by atoms with E-state index in [1.54, 1.807) is 23.9 Å². The van der Waals surface area contributed by atoms with E-state index in [9.17, 15) is 14.4 Å². The van der Waals surface area contributed by atoms with Crippen molar-refractivity contribution in [3.63, 3.8) is 0 Å². The molecule has 21 heavy (non-hydrogen) atoms. The lowest BCUT2D eigenvalue weighted by Crippen LogP contribution is -2.41. The van der Waals surface area contributed by atoms with Gasteiger partial charge >= 0.3 is 5.97 Å². The van der Waals surface area contributed by atoms with Crippen molar-refractivity contribution in [1.29, 1.82) is 0 Å². The topological polar surface area (TPSA) is 109 Å². The predicted molar refractivity (Wildman–Crippen MR) is 81.0 cm³/mol. The maximum Gasteiger partial charge on any atom is 0.326 e. The Labute approximate surface area is 127 Å². The van der Waals surface area contributed by atoms with Gasteiger partial charge < -0.3 is 16.2 Å². The van der Waals surface area contributed by atoms with E-state index < -0.39 is 23.8 Å². The van der Waals surface area contributed by atoms with E-state index in [1.165, 1.54) is 0 Å². The van der Waals surface area contributed by atoms with Crippen LogP contribution in [0.3, 0.4) is 0 Å². The monoisotopic (exact) mass is 310 g/mol. The first kappa shape index (κ1) is 17.0. The molecule has 0 fully saturated rings. The fourth-order valence-electron chi connectivity index (χ4n) is 1.70. The smallest absolute Gasteiger partial charge is 0.326 e. The van der Waals surface area contributed by atoms with Crippen molar-refractivity contribution in [3.8, 4) is 0 Å². The van der Waals surface area contributed by atoms with Gasteiger partial charge in [-0.15, -0.1) is 0 Å². The van der Waals surface area contributed by atoms with Crippen LogP contribution in [0.5, 0.6) is 0 Å². The summed E-state index contributed by atoms with van der Waals surface area (Å²) in [5, 5.41) is 11.4. The summed E-state index contributed by atoms with van der Waals surface area (Å²) in [5.41, 5.74) is 6.45. The molecule has 0 bridgehead atoms. The van der Waals surface area contributed by atoms with Gasteiger partial charge in [-0.3, -0.25) is 9.59 Å². The molecule has 0 aliphatic carbocycles. The lowest BCUT2D eigenvalue weighted by atomic mass is 10.1. The molecule has 1 atom stereocenters. The number of aliphatic carboxylic acids is 1. The molecule has 0 saturated heterocycles. The number of hydrogen-bond acceptors (Lipinski definition) is 4. The highest BCUT2D eigenvalue weighted by molar-refractivity contribution is 7.97. The Morgan fingerprint density at radius 3 is 2.38 bits per heavy atom. The summed E-state index contributed by atoms with van der Waals surface area (Å²) in [6.45, 7) is 0. The number of nitrogens with two attached hydrogens (primary N) is 1. The summed E-state index contributed by atoms with van der Waals surface area (Å²) >= 11 is 1.67. The first-order valence-corrected chi connectivity index (χ1v) is 7.73. The summed E-state index contributed by atoms with van der Waals surface area (Å²) in [6.07, 6.45) is 1.86. The highest BCUT2D eigenvalue weighted by atomic mass is 32.2. The number of primary amides is 1. The second-order valence-electron chi connectivity index (χ2n) is 4.50. The van der Waals surface area contributed by atoms with Crippen LogP contribution >= 0.6 is 11.8 Å². The first-order chi connectivity index (χ1) is 9.93. The number of carboxylic acids is 1. The zero-order valence-electron chi connectivity index (χ0n) is 11.7. The molecule has 1 rings (SSSR count). The number of hydrogen-bond donors (Lipinski definition) is 3. The molecule has 0 saturated carbocycles. The van der Waals surface area contributed by atoms with Gasteiger partial charge in [-0.25, -0.2) is 4.79 Å². The Balaban J connectivity index is 2.67. The quantitative estimate of drug-likeness (QED) is 0.663. The molecule has 1 aromatic carbocycles. The van der Waals surface area contributed by atoms with Crippen molar-refractivity contribution in [2.75, 3.05) is 6.26 Å². The third kappa shape index (κ3) is 5.86. The fourth-order valence-corrected chi connectivity index (χ4v) is 2.23. The lowest BCUT2D eigenvalue weighted by Gasteiger charge is -2.13. The number of thioether (sulfide) groups is 1. The Morgan fingerprint density at radius 1 is 1.29 bits per heavy atom. The van der Waals surface area contributed by atoms with Gasteiger partial charge in [0.15, 0.2) is 0 Å². The average Bonchev–Trinajstić information content (AvgIpc) is 2.43. The molecule has 6 nitrogen and oxygen atoms in total. The van der Waals surface area contributed by atoms with Crippen LogP contribution < -0.4 is 11.1 Å². The predicted octanol–water partition coefficient (Wildman–Crippen LogP) is 0.998. The van der Waals surface area contributed by atoms with Gasteiger partial charge in [0.25, 0.3) is 5.91 Å². The van der Waals surface area contributed by atoms with Gasteiger partial charge in [-0.1, -0.05) is 12.1 Å². The van der Waals surface area contributed by atoms with Crippen molar-refractivity contribution >= 4 is 29.5 Å². The molecular formula is C14H18N2O4S. The second kappa shape index (κ2) is 8.31. The molecule has 2 amide bonds. The standard InChI is InChI=1S/C14H18N2O4S/c1-21-8-9-2-4-10(5-3-9)13(18)16-11(14(19)20)6-7-12(15)17/h2-5,11H,6-8H2,1H3,(H2,15,17)(H,16,18)(H,19,20)/t11-/m0/s1. The molecule has 4 N–H and O–H groups in total. The largest absolute Gasteiger partial charge is 0.480 e. The van der Waals surface area contributed by atoms with Crippen molar-refractivity contribution in [3.05, 3.63) is 35.4 Å². The van der Waals surface area contributed by atoms with Crippen LogP contribution in [0.25, 0.3) is 0 Å². The molecule has 0 aliphatic heterocycles. The van der Waals surface area contributed by atoms with Crippen molar-refractivity contribution in [2.24, 2.45) is 5.73 Å². The van der Waals surface area contributed by atoms with Gasteiger partial charge in [-0.2, -0.15) is 11.8 Å². The maximum atomic E-state index is 12.0. The number of nitrogens with one attached hydrogen (secondary N) is 1. The number of carbonyl (C=O) groups excluding carboxylic acids is 2. The highest BCUT2D eigenvalue weighted by Gasteiger charge is 2.21. The van der Waals surface area contributed by atoms with Gasteiger partial charge in [0.1, 0.15) is 6.04 Å². The van der Waals surface area contributed by atoms with Crippen LogP contribution in [-0.4, -0.2) is 35.2 Å². The number of rotatable bonds is 8. The van der Waals surface area contributed by atoms with Gasteiger partial charge in [0.05, 0.1) is 0 Å². The van der Waals surface area contributed by atoms with Crippen LogP contribution in [0, 0.1) is 0 Å². The van der Waals surface area contributed by atoms with E-state index in [-0.39, 0.29) is 12.8 Å². The normalized spacial score (nSPS) is 11.7. The van der Waals surface area contributed by atoms with Crippen LogP contribution in [0.4, 0.5) is 0 Å². The third-order valence-corrected chi connectivity index (χ3v) is 3.43. The second-order valence-corrected chi connectivity index (χ2v) is 5.37. The molecule has 0 radical (unpaired) electrons. The Bertz CT molecular complexity index is 516. The van der Waals surface area contributed by atoms with Gasteiger partial charge in [0.2, 0.25) is 5.91 Å². The fraction of sp³-hybridized carbons (Fsp3) is 0.357. The number of benzene rings is 1. The summed E-state index contributed by atoms with van der Waals surface area (Å²) in [6, 6.07) is 5.81. The van der Waals surface area contributed by atoms with Crippen molar-refractivity contribution < 1.29 is 19.5 Å². The molecule has 1 aromatic rings. The van der Waals surface area contributed by atoms with Crippen LogP contribution in [0.2, 0.25) is 0 Å². The van der Waals surface area contributed by atoms with Crippen molar-refractivity contribution in [1.82, 2.24) is 5.32 Å². The average molecular weight is 310 g/mol. The molecule has 0 heterocycles. The summed E-state index contributed by atoms with van der Waals surface area (Å²) in [5.74, 6) is -1.43. The van der Waals surface area contributed by atoms with E-state index in [1.807, 2.05) is 18.4 Å². The molecule has 114 valence electrons. The van der Waals surface area contributed by atoms with E-state index in [0.29, 0.717) is 5.56 Å². The summed E-state index contributed by atoms with van der Waals surface area (Å²) < 4.78 is 0. The van der Waals surface area contributed by atoms with E-state index in [2.05, 4.69) is 5.32 Å². The number of carbonyl (C=O) groups is 3. The first-order valence-electron chi connectivity index (χ1n) is 6.34. The lowest BCUT2D eigenvalue weighted by molar-refractivity contribution is -0.139. The minimum Gasteiger partial charge on any atom is -0.480 e. The minimum atomic E-state index is -1.19. The molecule has 7 heteroatoms. The van der Waals surface area contributed by atoms with Gasteiger partial charge in [0, 0.05) is 17.7 Å². The Hall–Kier alpha value is -2.02.